The van der Waals surface area contributed by atoms with Gasteiger partial charge in [-0.1, -0.05) is 19.8 Å². The fourth-order valence-corrected chi connectivity index (χ4v) is 3.43. The number of rotatable bonds is 3. The van der Waals surface area contributed by atoms with Crippen LogP contribution in [0, 0.1) is 5.92 Å². The first-order valence-corrected chi connectivity index (χ1v) is 6.76. The summed E-state index contributed by atoms with van der Waals surface area (Å²) in [5.41, 5.74) is 0.636. The van der Waals surface area contributed by atoms with Crippen LogP contribution in [0.25, 0.3) is 0 Å². The number of nitrogens with zero attached hydrogens (tertiary/aromatic N) is 1. The van der Waals surface area contributed by atoms with Crippen LogP contribution < -0.4 is 0 Å². The van der Waals surface area contributed by atoms with Gasteiger partial charge in [0.25, 0.3) is 0 Å². The number of thiol groups is 1. The van der Waals surface area contributed by atoms with Crippen molar-refractivity contribution < 1.29 is 0 Å². The lowest BCUT2D eigenvalue weighted by Gasteiger charge is -2.36. The minimum atomic E-state index is 0.636. The SMILES string of the molecule is CC(CS)CN1CCCC12CCCC2. The molecule has 14 heavy (non-hydrogen) atoms. The molecule has 1 aliphatic heterocycles. The highest BCUT2D eigenvalue weighted by molar-refractivity contribution is 7.80. The van der Waals surface area contributed by atoms with Crippen LogP contribution in [0.1, 0.15) is 45.4 Å². The third-order valence-electron chi connectivity index (χ3n) is 4.12. The highest BCUT2D eigenvalue weighted by Crippen LogP contribution is 2.43. The highest BCUT2D eigenvalue weighted by Gasteiger charge is 2.42. The lowest BCUT2D eigenvalue weighted by molar-refractivity contribution is 0.128. The van der Waals surface area contributed by atoms with Crippen molar-refractivity contribution in [3.05, 3.63) is 0 Å². The molecule has 82 valence electrons. The quantitative estimate of drug-likeness (QED) is 0.705. The molecule has 0 radical (unpaired) electrons. The van der Waals surface area contributed by atoms with Crippen LogP contribution in [0.3, 0.4) is 0 Å². The van der Waals surface area contributed by atoms with Gasteiger partial charge in [0.1, 0.15) is 0 Å². The zero-order chi connectivity index (χ0) is 10.0. The molecule has 2 rings (SSSR count). The summed E-state index contributed by atoms with van der Waals surface area (Å²) in [6.07, 6.45) is 8.75. The van der Waals surface area contributed by atoms with Crippen LogP contribution in [-0.4, -0.2) is 29.3 Å². The summed E-state index contributed by atoms with van der Waals surface area (Å²) in [6.45, 7) is 4.95. The van der Waals surface area contributed by atoms with Crippen molar-refractivity contribution in [3.63, 3.8) is 0 Å². The second-order valence-corrected chi connectivity index (χ2v) is 5.63. The smallest absolute Gasteiger partial charge is 0.0210 e. The average molecular weight is 213 g/mol. The van der Waals surface area contributed by atoms with Crippen LogP contribution >= 0.6 is 12.6 Å². The van der Waals surface area contributed by atoms with Gasteiger partial charge in [0, 0.05) is 12.1 Å². The molecule has 0 aromatic carbocycles. The van der Waals surface area contributed by atoms with Crippen LogP contribution in [0.5, 0.6) is 0 Å². The Balaban J connectivity index is 1.96. The van der Waals surface area contributed by atoms with Crippen LogP contribution in [0.2, 0.25) is 0 Å². The molecule has 1 spiro atoms. The van der Waals surface area contributed by atoms with Gasteiger partial charge in [-0.2, -0.15) is 12.6 Å². The molecule has 2 fully saturated rings. The molecular weight excluding hydrogens is 190 g/mol. The van der Waals surface area contributed by atoms with E-state index in [1.165, 1.54) is 51.6 Å². The molecule has 1 saturated carbocycles. The van der Waals surface area contributed by atoms with Gasteiger partial charge < -0.3 is 0 Å². The second kappa shape index (κ2) is 4.44. The molecule has 0 aromatic heterocycles. The van der Waals surface area contributed by atoms with Crippen molar-refractivity contribution in [1.29, 1.82) is 0 Å². The van der Waals surface area contributed by atoms with Crippen LogP contribution in [0.15, 0.2) is 0 Å². The van der Waals surface area contributed by atoms with Gasteiger partial charge in [0.05, 0.1) is 0 Å². The molecule has 0 aromatic rings. The van der Waals surface area contributed by atoms with E-state index in [2.05, 4.69) is 24.5 Å². The van der Waals surface area contributed by atoms with Gasteiger partial charge in [-0.05, 0) is 43.9 Å². The normalized spacial score (nSPS) is 28.7. The van der Waals surface area contributed by atoms with Crippen molar-refractivity contribution in [3.8, 4) is 0 Å². The predicted octanol–water partition coefficient (Wildman–Crippen LogP) is 2.96. The maximum absolute atomic E-state index is 4.39. The molecule has 1 saturated heterocycles. The van der Waals surface area contributed by atoms with Crippen molar-refractivity contribution >= 4 is 12.6 Å². The zero-order valence-corrected chi connectivity index (χ0v) is 10.2. The van der Waals surface area contributed by atoms with Crippen molar-refractivity contribution in [1.82, 2.24) is 4.90 Å². The summed E-state index contributed by atoms with van der Waals surface area (Å²) in [6, 6.07) is 0. The Morgan fingerprint density at radius 2 is 1.86 bits per heavy atom. The Hall–Kier alpha value is 0.310. The maximum atomic E-state index is 4.39. The van der Waals surface area contributed by atoms with E-state index in [1.54, 1.807) is 0 Å². The first-order chi connectivity index (χ1) is 6.77. The highest BCUT2D eigenvalue weighted by atomic mass is 32.1. The van der Waals surface area contributed by atoms with E-state index >= 15 is 0 Å². The van der Waals surface area contributed by atoms with Crippen LogP contribution in [0.4, 0.5) is 0 Å². The zero-order valence-electron chi connectivity index (χ0n) is 9.34. The maximum Gasteiger partial charge on any atom is 0.0210 e. The fraction of sp³-hybridized carbons (Fsp3) is 1.00. The molecule has 1 nitrogen and oxygen atoms in total. The van der Waals surface area contributed by atoms with E-state index in [1.807, 2.05) is 0 Å². The molecule has 1 heterocycles. The average Bonchev–Trinajstić information content (AvgIpc) is 2.79. The van der Waals surface area contributed by atoms with E-state index in [0.29, 0.717) is 5.54 Å². The Morgan fingerprint density at radius 3 is 2.50 bits per heavy atom. The number of likely N-dealkylation sites (tertiary alicyclic amines) is 1. The molecular formula is C12H23NS. The minimum Gasteiger partial charge on any atom is -0.297 e. The minimum absolute atomic E-state index is 0.636. The van der Waals surface area contributed by atoms with Crippen molar-refractivity contribution in [2.45, 2.75) is 51.0 Å². The Kier molecular flexibility index (Phi) is 3.43. The Labute approximate surface area is 93.7 Å². The summed E-state index contributed by atoms with van der Waals surface area (Å²) < 4.78 is 0. The molecule has 0 N–H and O–H groups in total. The van der Waals surface area contributed by atoms with Gasteiger partial charge in [0.15, 0.2) is 0 Å². The molecule has 1 atom stereocenters. The Bertz CT molecular complexity index is 181. The van der Waals surface area contributed by atoms with Gasteiger partial charge >= 0.3 is 0 Å². The van der Waals surface area contributed by atoms with Gasteiger partial charge in [-0.3, -0.25) is 4.90 Å². The summed E-state index contributed by atoms with van der Waals surface area (Å²) in [4.78, 5) is 2.78. The summed E-state index contributed by atoms with van der Waals surface area (Å²) in [5, 5.41) is 0. The molecule has 2 aliphatic rings. The van der Waals surface area contributed by atoms with Crippen molar-refractivity contribution in [2.24, 2.45) is 5.92 Å². The predicted molar refractivity (Wildman–Crippen MR) is 65.0 cm³/mol. The fourth-order valence-electron chi connectivity index (χ4n) is 3.31. The number of hydrogen-bond acceptors (Lipinski definition) is 2. The topological polar surface area (TPSA) is 3.24 Å². The first kappa shape index (κ1) is 10.8. The Morgan fingerprint density at radius 1 is 1.21 bits per heavy atom. The number of hydrogen-bond donors (Lipinski definition) is 1. The molecule has 1 aliphatic carbocycles. The van der Waals surface area contributed by atoms with Crippen molar-refractivity contribution in [2.75, 3.05) is 18.8 Å². The van der Waals surface area contributed by atoms with Gasteiger partial charge in [0.2, 0.25) is 0 Å². The molecule has 1 unspecified atom stereocenters. The monoisotopic (exact) mass is 213 g/mol. The molecule has 2 heteroatoms. The largest absolute Gasteiger partial charge is 0.297 e. The summed E-state index contributed by atoms with van der Waals surface area (Å²) in [7, 11) is 0. The molecule has 0 bridgehead atoms. The third kappa shape index (κ3) is 1.96. The van der Waals surface area contributed by atoms with E-state index < -0.39 is 0 Å². The summed E-state index contributed by atoms with van der Waals surface area (Å²) >= 11 is 4.39. The second-order valence-electron chi connectivity index (χ2n) is 5.27. The standard InChI is InChI=1S/C12H23NS/c1-11(10-14)9-13-8-4-7-12(13)5-2-3-6-12/h11,14H,2-10H2,1H3. The van der Waals surface area contributed by atoms with E-state index in [-0.39, 0.29) is 0 Å². The van der Waals surface area contributed by atoms with Gasteiger partial charge in [-0.25, -0.2) is 0 Å². The molecule has 0 amide bonds. The van der Waals surface area contributed by atoms with E-state index in [9.17, 15) is 0 Å². The first-order valence-electron chi connectivity index (χ1n) is 6.13. The van der Waals surface area contributed by atoms with Gasteiger partial charge in [-0.15, -0.1) is 0 Å². The lowest BCUT2D eigenvalue weighted by Crippen LogP contribution is -2.43. The van der Waals surface area contributed by atoms with E-state index in [0.717, 1.165) is 11.7 Å². The van der Waals surface area contributed by atoms with E-state index in [4.69, 9.17) is 0 Å². The third-order valence-corrected chi connectivity index (χ3v) is 4.74. The lowest BCUT2D eigenvalue weighted by atomic mass is 9.93. The summed E-state index contributed by atoms with van der Waals surface area (Å²) in [5.74, 6) is 1.79. The van der Waals surface area contributed by atoms with Crippen LogP contribution in [-0.2, 0) is 0 Å².